The van der Waals surface area contributed by atoms with Gasteiger partial charge in [-0.1, -0.05) is 45.1 Å². The minimum Gasteiger partial charge on any atom is -0.301 e. The van der Waals surface area contributed by atoms with Gasteiger partial charge < -0.3 is 5.32 Å². The number of rotatable bonds is 2. The molecule has 0 saturated carbocycles. The Kier molecular flexibility index (Phi) is 3.39. The summed E-state index contributed by atoms with van der Waals surface area (Å²) in [5.74, 6) is -0.00253. The number of nitrogens with one attached hydrogen (secondary N) is 1. The minimum atomic E-state index is -0.396. The van der Waals surface area contributed by atoms with E-state index in [-0.39, 0.29) is 5.91 Å². The molecule has 0 aliphatic heterocycles. The van der Waals surface area contributed by atoms with Gasteiger partial charge in [0.05, 0.1) is 10.2 Å². The van der Waals surface area contributed by atoms with E-state index in [1.54, 1.807) is 0 Å². The first-order valence-corrected chi connectivity index (χ1v) is 6.92. The van der Waals surface area contributed by atoms with Crippen LogP contribution in [0.1, 0.15) is 33.3 Å². The van der Waals surface area contributed by atoms with Crippen molar-refractivity contribution >= 4 is 32.6 Å². The molecule has 0 bridgehead atoms. The van der Waals surface area contributed by atoms with Gasteiger partial charge in [0, 0.05) is 5.41 Å². The first-order chi connectivity index (χ1) is 8.40. The van der Waals surface area contributed by atoms with Crippen LogP contribution < -0.4 is 5.32 Å². The van der Waals surface area contributed by atoms with E-state index in [0.717, 1.165) is 16.6 Å². The Bertz CT molecular complexity index is 581. The van der Waals surface area contributed by atoms with Gasteiger partial charge in [-0.25, -0.2) is 4.98 Å². The normalized spacial score (nSPS) is 11.8. The average Bonchev–Trinajstić information content (AvgIpc) is 2.68. The van der Waals surface area contributed by atoms with Gasteiger partial charge in [-0.15, -0.1) is 0 Å². The predicted octanol–water partition coefficient (Wildman–Crippen LogP) is 3.84. The predicted molar refractivity (Wildman–Crippen MR) is 77.1 cm³/mol. The number of benzene rings is 1. The maximum atomic E-state index is 11.9. The maximum Gasteiger partial charge on any atom is 0.231 e. The Hall–Kier alpha value is -1.42. The minimum absolute atomic E-state index is 0.00253. The summed E-state index contributed by atoms with van der Waals surface area (Å²) in [6, 6.07) is 6.23. The highest BCUT2D eigenvalue weighted by Crippen LogP contribution is 2.28. The molecule has 0 aliphatic rings. The Morgan fingerprint density at radius 1 is 1.39 bits per heavy atom. The molecule has 18 heavy (non-hydrogen) atoms. The molecule has 0 spiro atoms. The molecule has 0 atom stereocenters. The van der Waals surface area contributed by atoms with E-state index < -0.39 is 5.41 Å². The van der Waals surface area contributed by atoms with Gasteiger partial charge in [0.1, 0.15) is 0 Å². The number of amides is 1. The maximum absolute atomic E-state index is 11.9. The second-order valence-corrected chi connectivity index (χ2v) is 6.41. The first kappa shape index (κ1) is 13.0. The number of fused-ring (bicyclic) bond motifs is 1. The molecule has 1 aromatic heterocycles. The van der Waals surface area contributed by atoms with Gasteiger partial charge in [-0.05, 0) is 24.1 Å². The molecule has 0 fully saturated rings. The molecule has 0 aliphatic carbocycles. The zero-order valence-electron chi connectivity index (χ0n) is 11.2. The van der Waals surface area contributed by atoms with Crippen LogP contribution in [0.4, 0.5) is 5.13 Å². The second kappa shape index (κ2) is 4.69. The number of carbonyl (C=O) groups excluding carboxylic acids is 1. The number of nitrogens with zero attached hydrogens (tertiary/aromatic N) is 1. The lowest BCUT2D eigenvalue weighted by molar-refractivity contribution is -0.123. The quantitative estimate of drug-likeness (QED) is 0.893. The smallest absolute Gasteiger partial charge is 0.231 e. The summed E-state index contributed by atoms with van der Waals surface area (Å²) < 4.78 is 1.12. The Morgan fingerprint density at radius 2 is 2.11 bits per heavy atom. The third kappa shape index (κ3) is 2.70. The van der Waals surface area contributed by atoms with E-state index in [1.165, 1.54) is 16.9 Å². The average molecular weight is 262 g/mol. The number of anilines is 1. The number of hydrogen-bond acceptors (Lipinski definition) is 3. The molecule has 1 N–H and O–H groups in total. The van der Waals surface area contributed by atoms with E-state index in [2.05, 4.69) is 29.4 Å². The summed E-state index contributed by atoms with van der Waals surface area (Å²) in [4.78, 5) is 16.3. The van der Waals surface area contributed by atoms with Crippen LogP contribution in [0, 0.1) is 5.41 Å². The molecule has 1 aromatic carbocycles. The summed E-state index contributed by atoms with van der Waals surface area (Å²) in [5.41, 5.74) is 1.84. The fourth-order valence-electron chi connectivity index (χ4n) is 1.53. The van der Waals surface area contributed by atoms with Crippen molar-refractivity contribution in [3.05, 3.63) is 23.8 Å². The largest absolute Gasteiger partial charge is 0.301 e. The highest BCUT2D eigenvalue weighted by molar-refractivity contribution is 7.22. The standard InChI is InChI=1S/C14H18N2OS/c1-5-9-6-7-10-11(8-9)18-13(15-10)16-12(17)14(2,3)4/h6-8H,5H2,1-4H3,(H,15,16,17). The molecular formula is C14H18N2OS. The van der Waals surface area contributed by atoms with E-state index in [4.69, 9.17) is 0 Å². The van der Waals surface area contributed by atoms with Crippen molar-refractivity contribution in [1.82, 2.24) is 4.98 Å². The van der Waals surface area contributed by atoms with E-state index in [9.17, 15) is 4.79 Å². The molecule has 1 heterocycles. The van der Waals surface area contributed by atoms with Gasteiger partial charge in [-0.2, -0.15) is 0 Å². The second-order valence-electron chi connectivity index (χ2n) is 5.38. The van der Waals surface area contributed by atoms with Crippen molar-refractivity contribution in [3.8, 4) is 0 Å². The third-order valence-corrected chi connectivity index (χ3v) is 3.70. The van der Waals surface area contributed by atoms with Crippen LogP contribution in [0.2, 0.25) is 0 Å². The Balaban J connectivity index is 2.28. The van der Waals surface area contributed by atoms with Crippen molar-refractivity contribution in [3.63, 3.8) is 0 Å². The number of hydrogen-bond donors (Lipinski definition) is 1. The topological polar surface area (TPSA) is 42.0 Å². The van der Waals surface area contributed by atoms with Crippen LogP contribution >= 0.6 is 11.3 Å². The van der Waals surface area contributed by atoms with Crippen LogP contribution in [-0.4, -0.2) is 10.9 Å². The van der Waals surface area contributed by atoms with Crippen molar-refractivity contribution in [2.75, 3.05) is 5.32 Å². The summed E-state index contributed by atoms with van der Waals surface area (Å²) >= 11 is 1.53. The van der Waals surface area contributed by atoms with Crippen LogP contribution in [0.3, 0.4) is 0 Å². The molecule has 2 aromatic rings. The van der Waals surface area contributed by atoms with Crippen molar-refractivity contribution in [2.45, 2.75) is 34.1 Å². The lowest BCUT2D eigenvalue weighted by Crippen LogP contribution is -2.27. The number of aryl methyl sites for hydroxylation is 1. The monoisotopic (exact) mass is 262 g/mol. The van der Waals surface area contributed by atoms with Gasteiger partial charge in [0.2, 0.25) is 5.91 Å². The highest BCUT2D eigenvalue weighted by atomic mass is 32.1. The fraction of sp³-hybridized carbons (Fsp3) is 0.429. The first-order valence-electron chi connectivity index (χ1n) is 6.11. The van der Waals surface area contributed by atoms with E-state index in [0.29, 0.717) is 5.13 Å². The van der Waals surface area contributed by atoms with Crippen LogP contribution in [0.25, 0.3) is 10.2 Å². The van der Waals surface area contributed by atoms with Crippen molar-refractivity contribution < 1.29 is 4.79 Å². The molecule has 1 amide bonds. The molecule has 3 nitrogen and oxygen atoms in total. The number of aromatic nitrogens is 1. The molecule has 0 unspecified atom stereocenters. The van der Waals surface area contributed by atoms with E-state index >= 15 is 0 Å². The molecule has 4 heteroatoms. The van der Waals surface area contributed by atoms with E-state index in [1.807, 2.05) is 26.8 Å². The van der Waals surface area contributed by atoms with Gasteiger partial charge in [0.15, 0.2) is 5.13 Å². The molecular weight excluding hydrogens is 244 g/mol. The summed E-state index contributed by atoms with van der Waals surface area (Å²) in [5, 5.41) is 3.56. The molecule has 0 radical (unpaired) electrons. The number of carbonyl (C=O) groups is 1. The molecule has 2 rings (SSSR count). The van der Waals surface area contributed by atoms with Gasteiger partial charge >= 0.3 is 0 Å². The SMILES string of the molecule is CCc1ccc2nc(NC(=O)C(C)(C)C)sc2c1. The molecule has 96 valence electrons. The lowest BCUT2D eigenvalue weighted by Gasteiger charge is -2.15. The van der Waals surface area contributed by atoms with Crippen molar-refractivity contribution in [2.24, 2.45) is 5.41 Å². The lowest BCUT2D eigenvalue weighted by atomic mass is 9.96. The van der Waals surface area contributed by atoms with Crippen LogP contribution in [0.15, 0.2) is 18.2 Å². The highest BCUT2D eigenvalue weighted by Gasteiger charge is 2.22. The van der Waals surface area contributed by atoms with Gasteiger partial charge in [0.25, 0.3) is 0 Å². The van der Waals surface area contributed by atoms with Crippen LogP contribution in [-0.2, 0) is 11.2 Å². The summed E-state index contributed by atoms with van der Waals surface area (Å²) in [6.45, 7) is 7.81. The van der Waals surface area contributed by atoms with Crippen LogP contribution in [0.5, 0.6) is 0 Å². The Labute approximate surface area is 111 Å². The third-order valence-electron chi connectivity index (χ3n) is 2.76. The zero-order chi connectivity index (χ0) is 13.3. The summed E-state index contributed by atoms with van der Waals surface area (Å²) in [7, 11) is 0. The Morgan fingerprint density at radius 3 is 2.72 bits per heavy atom. The van der Waals surface area contributed by atoms with Gasteiger partial charge in [-0.3, -0.25) is 4.79 Å². The zero-order valence-corrected chi connectivity index (χ0v) is 12.0. The fourth-order valence-corrected chi connectivity index (χ4v) is 2.45. The summed E-state index contributed by atoms with van der Waals surface area (Å²) in [6.07, 6.45) is 1.01. The number of thiazole rings is 1. The van der Waals surface area contributed by atoms with Crippen molar-refractivity contribution in [1.29, 1.82) is 0 Å². The molecule has 0 saturated heterocycles.